The third-order valence-electron chi connectivity index (χ3n) is 11.7. The van der Waals surface area contributed by atoms with Crippen LogP contribution in [0.3, 0.4) is 0 Å². The lowest BCUT2D eigenvalue weighted by Crippen LogP contribution is -2.77. The molecule has 0 atom stereocenters. The van der Waals surface area contributed by atoms with Gasteiger partial charge in [0.1, 0.15) is 0 Å². The van der Waals surface area contributed by atoms with Gasteiger partial charge in [0.15, 0.2) is 8.07 Å². The smallest absolute Gasteiger partial charge is 0.0737 e. The highest BCUT2D eigenvalue weighted by Crippen LogP contribution is 2.48. The van der Waals surface area contributed by atoms with Crippen molar-refractivity contribution in [2.45, 2.75) is 0 Å². The molecule has 0 saturated heterocycles. The molecule has 0 N–H and O–H groups in total. The Morgan fingerprint density at radius 3 is 1.10 bits per heavy atom. The van der Waals surface area contributed by atoms with E-state index in [0.29, 0.717) is 0 Å². The summed E-state index contributed by atoms with van der Waals surface area (Å²) in [7, 11) is -2.70. The molecule has 9 aromatic carbocycles. The van der Waals surface area contributed by atoms with E-state index in [9.17, 15) is 0 Å². The van der Waals surface area contributed by atoms with Gasteiger partial charge in [-0.1, -0.05) is 214 Å². The zero-order valence-electron chi connectivity index (χ0n) is 28.6. The molecule has 0 saturated carbocycles. The first-order valence-corrected chi connectivity index (χ1v) is 20.5. The van der Waals surface area contributed by atoms with Crippen LogP contribution in [0, 0.1) is 0 Å². The van der Waals surface area contributed by atoms with Gasteiger partial charge in [-0.25, -0.2) is 0 Å². The lowest BCUT2D eigenvalue weighted by atomic mass is 9.36. The second kappa shape index (κ2) is 11.4. The van der Waals surface area contributed by atoms with Crippen LogP contribution in [-0.4, -0.2) is 14.8 Å². The van der Waals surface area contributed by atoms with Crippen molar-refractivity contribution in [1.29, 1.82) is 0 Å². The van der Waals surface area contributed by atoms with Crippen molar-refractivity contribution in [2.24, 2.45) is 0 Å². The van der Waals surface area contributed by atoms with E-state index in [1.165, 1.54) is 92.1 Å². The van der Waals surface area contributed by atoms with Crippen molar-refractivity contribution in [2.75, 3.05) is 0 Å². The molecule has 2 heteroatoms. The first-order chi connectivity index (χ1) is 25.8. The summed E-state index contributed by atoms with van der Waals surface area (Å²) in [5.74, 6) is 0. The third kappa shape index (κ3) is 4.22. The summed E-state index contributed by atoms with van der Waals surface area (Å²) in [6.45, 7) is 0.179. The normalized spacial score (nSPS) is 14.5. The fourth-order valence-electron chi connectivity index (χ4n) is 9.55. The Labute approximate surface area is 305 Å². The van der Waals surface area contributed by atoms with Crippen molar-refractivity contribution in [1.82, 2.24) is 0 Å². The quantitative estimate of drug-likeness (QED) is 0.130. The average molecular weight is 673 g/mol. The second-order valence-corrected chi connectivity index (χ2v) is 17.8. The highest BCUT2D eigenvalue weighted by molar-refractivity contribution is 7.20. The Hall–Kier alpha value is -6.22. The Morgan fingerprint density at radius 1 is 0.327 bits per heavy atom. The molecular formula is C50H33BSi. The maximum Gasteiger partial charge on any atom is 0.240 e. The van der Waals surface area contributed by atoms with Gasteiger partial charge in [-0.3, -0.25) is 0 Å². The van der Waals surface area contributed by atoms with Gasteiger partial charge in [0, 0.05) is 0 Å². The molecule has 2 heterocycles. The summed E-state index contributed by atoms with van der Waals surface area (Å²) in [5, 5.41) is 13.3. The molecule has 11 rings (SSSR count). The minimum absolute atomic E-state index is 0.179. The van der Waals surface area contributed by atoms with Gasteiger partial charge in [0.2, 0.25) is 6.71 Å². The molecule has 0 unspecified atom stereocenters. The van der Waals surface area contributed by atoms with Crippen molar-refractivity contribution in [3.63, 3.8) is 0 Å². The Morgan fingerprint density at radius 2 is 0.673 bits per heavy atom. The van der Waals surface area contributed by atoms with Crippen LogP contribution in [0.4, 0.5) is 0 Å². The SMILES string of the molecule is C1=C(c2c3ccccc3cc3ccccc23)C(c2c3ccccc3cc3ccccc23)=C[Si]12c1ccccc1B(c1ccccc1)c1ccccc12. The predicted octanol–water partition coefficient (Wildman–Crippen LogP) is 8.95. The Kier molecular flexibility index (Phi) is 6.47. The van der Waals surface area contributed by atoms with E-state index in [2.05, 4.69) is 199 Å². The highest BCUT2D eigenvalue weighted by Gasteiger charge is 2.48. The fourth-order valence-corrected chi connectivity index (χ4v) is 14.2. The monoisotopic (exact) mass is 672 g/mol. The number of allylic oxidation sites excluding steroid dienone is 2. The molecule has 0 fully saturated rings. The van der Waals surface area contributed by atoms with E-state index in [-0.39, 0.29) is 6.71 Å². The lowest BCUT2D eigenvalue weighted by molar-refractivity contribution is 1.70. The van der Waals surface area contributed by atoms with Gasteiger partial charge in [-0.15, -0.1) is 0 Å². The highest BCUT2D eigenvalue weighted by atomic mass is 28.3. The van der Waals surface area contributed by atoms with Crippen LogP contribution in [-0.2, 0) is 0 Å². The molecule has 2 aliphatic heterocycles. The summed E-state index contributed by atoms with van der Waals surface area (Å²) in [5.41, 5.74) is 15.1. The molecule has 240 valence electrons. The summed E-state index contributed by atoms with van der Waals surface area (Å²) in [6, 6.07) is 70.5. The molecule has 52 heavy (non-hydrogen) atoms. The number of hydrogen-bond acceptors (Lipinski definition) is 0. The van der Waals surface area contributed by atoms with Gasteiger partial charge in [-0.05, 0) is 77.5 Å². The van der Waals surface area contributed by atoms with Crippen LogP contribution >= 0.6 is 0 Å². The first kappa shape index (κ1) is 29.5. The standard InChI is InChI=1S/C50H33BSi/c1-2-20-38(21-3-1)51-45-26-12-14-28-47(45)52(48-29-15-13-27-46(48)51)32-43(49-39-22-8-4-16-34(39)30-35-17-5-9-23-40(35)49)44(33-52)50-41-24-10-6-18-36(41)31-37-19-7-11-25-42(37)50/h1-33H. The zero-order valence-corrected chi connectivity index (χ0v) is 29.6. The maximum absolute atomic E-state index is 2.77. The molecule has 0 amide bonds. The van der Waals surface area contributed by atoms with Gasteiger partial charge in [0.05, 0.1) is 0 Å². The summed E-state index contributed by atoms with van der Waals surface area (Å²) >= 11 is 0. The second-order valence-electron chi connectivity index (χ2n) is 14.4. The average Bonchev–Trinajstić information content (AvgIpc) is 3.59. The van der Waals surface area contributed by atoms with Crippen LogP contribution < -0.4 is 26.8 Å². The topological polar surface area (TPSA) is 0 Å². The van der Waals surface area contributed by atoms with E-state index in [1.54, 1.807) is 0 Å². The summed E-state index contributed by atoms with van der Waals surface area (Å²) in [6.07, 6.45) is 0. The molecular weight excluding hydrogens is 639 g/mol. The molecule has 0 bridgehead atoms. The number of rotatable bonds is 3. The summed E-state index contributed by atoms with van der Waals surface area (Å²) < 4.78 is 0. The van der Waals surface area contributed by atoms with E-state index < -0.39 is 8.07 Å². The molecule has 0 nitrogen and oxygen atoms in total. The molecule has 0 radical (unpaired) electrons. The van der Waals surface area contributed by atoms with Crippen molar-refractivity contribution >= 4 is 95.8 Å². The molecule has 9 aromatic rings. The summed E-state index contributed by atoms with van der Waals surface area (Å²) in [4.78, 5) is 0. The van der Waals surface area contributed by atoms with Gasteiger partial charge in [0.25, 0.3) is 0 Å². The van der Waals surface area contributed by atoms with E-state index in [4.69, 9.17) is 0 Å². The van der Waals surface area contributed by atoms with Crippen LogP contribution in [0.15, 0.2) is 199 Å². The molecule has 1 spiro atoms. The molecule has 0 aliphatic carbocycles. The maximum atomic E-state index is 2.77. The zero-order chi connectivity index (χ0) is 34.2. The van der Waals surface area contributed by atoms with Crippen LogP contribution in [0.2, 0.25) is 0 Å². The van der Waals surface area contributed by atoms with Crippen LogP contribution in [0.25, 0.3) is 54.2 Å². The third-order valence-corrected chi connectivity index (χ3v) is 15.9. The number of benzene rings is 9. The fraction of sp³-hybridized carbons (Fsp3) is 0. The number of fused-ring (bicyclic) bond motifs is 8. The van der Waals surface area contributed by atoms with Crippen molar-refractivity contribution in [3.05, 3.63) is 211 Å². The van der Waals surface area contributed by atoms with Crippen molar-refractivity contribution in [3.8, 4) is 0 Å². The van der Waals surface area contributed by atoms with Gasteiger partial charge < -0.3 is 0 Å². The molecule has 2 aliphatic rings. The Balaban J connectivity index is 1.33. The van der Waals surface area contributed by atoms with Gasteiger partial charge in [-0.2, -0.15) is 0 Å². The van der Waals surface area contributed by atoms with E-state index in [0.717, 1.165) is 0 Å². The first-order valence-electron chi connectivity index (χ1n) is 18.3. The lowest BCUT2D eigenvalue weighted by Gasteiger charge is -2.37. The van der Waals surface area contributed by atoms with Gasteiger partial charge >= 0.3 is 0 Å². The largest absolute Gasteiger partial charge is 0.240 e. The minimum Gasteiger partial charge on any atom is -0.0737 e. The van der Waals surface area contributed by atoms with Crippen LogP contribution in [0.1, 0.15) is 11.1 Å². The van der Waals surface area contributed by atoms with Crippen LogP contribution in [0.5, 0.6) is 0 Å². The number of hydrogen-bond donors (Lipinski definition) is 0. The van der Waals surface area contributed by atoms with Crippen molar-refractivity contribution < 1.29 is 0 Å². The molecule has 0 aromatic heterocycles. The van der Waals surface area contributed by atoms with E-state index >= 15 is 0 Å². The minimum atomic E-state index is -2.70. The Bertz CT molecular complexity index is 2680. The predicted molar refractivity (Wildman–Crippen MR) is 228 cm³/mol. The van der Waals surface area contributed by atoms with E-state index in [1.807, 2.05) is 0 Å².